The molecule has 1 aromatic rings. The average molecular weight is 294 g/mol. The number of halogens is 2. The Balaban J connectivity index is 3.19. The van der Waals surface area contributed by atoms with Gasteiger partial charge in [0.2, 0.25) is 0 Å². The molecule has 0 saturated carbocycles. The highest BCUT2D eigenvalue weighted by molar-refractivity contribution is 9.08. The van der Waals surface area contributed by atoms with Crippen molar-refractivity contribution in [3.8, 4) is 5.75 Å². The Kier molecular flexibility index (Phi) is 4.42. The largest absolute Gasteiger partial charge is 0.495 e. The van der Waals surface area contributed by atoms with E-state index < -0.39 is 5.97 Å². The summed E-state index contributed by atoms with van der Waals surface area (Å²) in [4.78, 5) is 10.6. The monoisotopic (exact) mass is 292 g/mol. The van der Waals surface area contributed by atoms with Gasteiger partial charge in [-0.2, -0.15) is 0 Å². The Labute approximate surface area is 101 Å². The van der Waals surface area contributed by atoms with Gasteiger partial charge in [0.25, 0.3) is 0 Å². The van der Waals surface area contributed by atoms with E-state index in [1.165, 1.54) is 7.11 Å². The first kappa shape index (κ1) is 12.3. The van der Waals surface area contributed by atoms with Gasteiger partial charge in [-0.25, -0.2) is 0 Å². The topological polar surface area (TPSA) is 46.5 Å². The van der Waals surface area contributed by atoms with Crippen molar-refractivity contribution in [2.45, 2.75) is 11.8 Å². The molecule has 82 valence electrons. The van der Waals surface area contributed by atoms with Crippen LogP contribution in [0.4, 0.5) is 0 Å². The minimum Gasteiger partial charge on any atom is -0.495 e. The molecule has 1 N–H and O–H groups in total. The molecule has 0 unspecified atom stereocenters. The van der Waals surface area contributed by atoms with Crippen LogP contribution < -0.4 is 4.74 Å². The zero-order valence-corrected chi connectivity index (χ0v) is 10.4. The standard InChI is InChI=1S/C10H10BrClO3/c1-15-10-7(4-9(13)14)2-6(5-11)3-8(10)12/h2-3H,4-5H2,1H3,(H,13,14). The maximum atomic E-state index is 10.6. The Morgan fingerprint density at radius 3 is 2.73 bits per heavy atom. The van der Waals surface area contributed by atoms with Crippen molar-refractivity contribution in [2.75, 3.05) is 7.11 Å². The predicted molar refractivity (Wildman–Crippen MR) is 62.0 cm³/mol. The molecule has 0 aliphatic heterocycles. The molecule has 0 aliphatic rings. The molecule has 0 aliphatic carbocycles. The Bertz CT molecular complexity index is 379. The van der Waals surface area contributed by atoms with E-state index >= 15 is 0 Å². The van der Waals surface area contributed by atoms with Crippen molar-refractivity contribution in [2.24, 2.45) is 0 Å². The molecule has 1 aromatic carbocycles. The second-order valence-corrected chi connectivity index (χ2v) is 3.94. The number of carboxylic acid groups (broad SMARTS) is 1. The third kappa shape index (κ3) is 3.11. The van der Waals surface area contributed by atoms with Crippen molar-refractivity contribution >= 4 is 33.5 Å². The first-order valence-corrected chi connectivity index (χ1v) is 5.71. The second-order valence-electron chi connectivity index (χ2n) is 2.97. The van der Waals surface area contributed by atoms with Crippen LogP contribution in [0, 0.1) is 0 Å². The van der Waals surface area contributed by atoms with Gasteiger partial charge in [0.05, 0.1) is 18.6 Å². The number of ether oxygens (including phenoxy) is 1. The van der Waals surface area contributed by atoms with E-state index in [0.29, 0.717) is 21.7 Å². The summed E-state index contributed by atoms with van der Waals surface area (Å²) in [5.74, 6) is -0.472. The zero-order valence-electron chi connectivity index (χ0n) is 8.09. The summed E-state index contributed by atoms with van der Waals surface area (Å²) in [6.45, 7) is 0. The molecule has 0 fully saturated rings. The molecule has 3 nitrogen and oxygen atoms in total. The van der Waals surface area contributed by atoms with Gasteiger partial charge in [0, 0.05) is 10.9 Å². The van der Waals surface area contributed by atoms with E-state index in [4.69, 9.17) is 21.4 Å². The van der Waals surface area contributed by atoms with Crippen LogP contribution in [0.5, 0.6) is 5.75 Å². The van der Waals surface area contributed by atoms with Gasteiger partial charge in [-0.05, 0) is 11.6 Å². The SMILES string of the molecule is COc1c(Cl)cc(CBr)cc1CC(=O)O. The lowest BCUT2D eigenvalue weighted by Gasteiger charge is -2.10. The summed E-state index contributed by atoms with van der Waals surface area (Å²) in [5.41, 5.74) is 1.52. The number of hydrogen-bond acceptors (Lipinski definition) is 2. The number of benzene rings is 1. The van der Waals surface area contributed by atoms with Crippen molar-refractivity contribution < 1.29 is 14.6 Å². The molecular formula is C10H10BrClO3. The van der Waals surface area contributed by atoms with Gasteiger partial charge < -0.3 is 9.84 Å². The Morgan fingerprint density at radius 2 is 2.27 bits per heavy atom. The number of rotatable bonds is 4. The van der Waals surface area contributed by atoms with E-state index in [-0.39, 0.29) is 6.42 Å². The third-order valence-corrected chi connectivity index (χ3v) is 2.81. The van der Waals surface area contributed by atoms with E-state index in [2.05, 4.69) is 15.9 Å². The molecule has 0 radical (unpaired) electrons. The molecule has 1 rings (SSSR count). The molecule has 0 bridgehead atoms. The summed E-state index contributed by atoms with van der Waals surface area (Å²) < 4.78 is 5.07. The molecule has 15 heavy (non-hydrogen) atoms. The van der Waals surface area contributed by atoms with Crippen molar-refractivity contribution in [3.05, 3.63) is 28.3 Å². The number of methoxy groups -OCH3 is 1. The summed E-state index contributed by atoms with van der Waals surface area (Å²) in [7, 11) is 1.47. The normalized spacial score (nSPS) is 10.1. The summed E-state index contributed by atoms with van der Waals surface area (Å²) in [6.07, 6.45) is -0.0935. The lowest BCUT2D eigenvalue weighted by molar-refractivity contribution is -0.136. The third-order valence-electron chi connectivity index (χ3n) is 1.88. The lowest BCUT2D eigenvalue weighted by atomic mass is 10.1. The molecule has 0 aromatic heterocycles. The van der Waals surface area contributed by atoms with Crippen LogP contribution in [0.3, 0.4) is 0 Å². The number of hydrogen-bond donors (Lipinski definition) is 1. The van der Waals surface area contributed by atoms with E-state index in [0.717, 1.165) is 5.56 Å². The molecule has 0 spiro atoms. The molecule has 0 amide bonds. The van der Waals surface area contributed by atoms with Gasteiger partial charge in [-0.15, -0.1) is 0 Å². The summed E-state index contributed by atoms with van der Waals surface area (Å²) in [5, 5.41) is 9.80. The van der Waals surface area contributed by atoms with E-state index in [1.54, 1.807) is 12.1 Å². The van der Waals surface area contributed by atoms with Gasteiger partial charge in [-0.3, -0.25) is 4.79 Å². The van der Waals surface area contributed by atoms with Gasteiger partial charge in [0.15, 0.2) is 0 Å². The number of carbonyl (C=O) groups is 1. The van der Waals surface area contributed by atoms with Gasteiger partial charge in [0.1, 0.15) is 5.75 Å². The summed E-state index contributed by atoms with van der Waals surface area (Å²) in [6, 6.07) is 3.52. The molecule has 0 atom stereocenters. The van der Waals surface area contributed by atoms with Crippen molar-refractivity contribution in [1.29, 1.82) is 0 Å². The minimum absolute atomic E-state index is 0.0935. The van der Waals surface area contributed by atoms with Crippen LogP contribution in [0.2, 0.25) is 5.02 Å². The van der Waals surface area contributed by atoms with E-state index in [9.17, 15) is 4.79 Å². The van der Waals surface area contributed by atoms with Crippen LogP contribution in [0.1, 0.15) is 11.1 Å². The molecule has 5 heteroatoms. The maximum Gasteiger partial charge on any atom is 0.307 e. The van der Waals surface area contributed by atoms with Crippen molar-refractivity contribution in [3.63, 3.8) is 0 Å². The molecule has 0 saturated heterocycles. The second kappa shape index (κ2) is 5.37. The number of aliphatic carboxylic acids is 1. The number of alkyl halides is 1. The highest BCUT2D eigenvalue weighted by Gasteiger charge is 2.12. The van der Waals surface area contributed by atoms with Gasteiger partial charge in [-0.1, -0.05) is 33.6 Å². The number of carboxylic acids is 1. The highest BCUT2D eigenvalue weighted by atomic mass is 79.9. The van der Waals surface area contributed by atoms with Crippen LogP contribution in [-0.2, 0) is 16.5 Å². The maximum absolute atomic E-state index is 10.6. The molecular weight excluding hydrogens is 283 g/mol. The smallest absolute Gasteiger partial charge is 0.307 e. The molecule has 0 heterocycles. The lowest BCUT2D eigenvalue weighted by Crippen LogP contribution is -2.03. The quantitative estimate of drug-likeness (QED) is 0.868. The first-order valence-electron chi connectivity index (χ1n) is 4.21. The van der Waals surface area contributed by atoms with Crippen molar-refractivity contribution in [1.82, 2.24) is 0 Å². The van der Waals surface area contributed by atoms with Crippen LogP contribution in [-0.4, -0.2) is 18.2 Å². The highest BCUT2D eigenvalue weighted by Crippen LogP contribution is 2.31. The van der Waals surface area contributed by atoms with Crippen LogP contribution in [0.25, 0.3) is 0 Å². The van der Waals surface area contributed by atoms with E-state index in [1.807, 2.05) is 0 Å². The first-order chi connectivity index (χ1) is 7.08. The summed E-state index contributed by atoms with van der Waals surface area (Å²) >= 11 is 9.25. The fourth-order valence-corrected chi connectivity index (χ4v) is 1.98. The predicted octanol–water partition coefficient (Wildman–Crippen LogP) is 2.87. The Morgan fingerprint density at radius 1 is 1.60 bits per heavy atom. The fraction of sp³-hybridized carbons (Fsp3) is 0.300. The fourth-order valence-electron chi connectivity index (χ4n) is 1.31. The Hall–Kier alpha value is -0.740. The van der Waals surface area contributed by atoms with Crippen LogP contribution >= 0.6 is 27.5 Å². The van der Waals surface area contributed by atoms with Crippen LogP contribution in [0.15, 0.2) is 12.1 Å². The minimum atomic E-state index is -0.906. The van der Waals surface area contributed by atoms with Gasteiger partial charge >= 0.3 is 5.97 Å². The zero-order chi connectivity index (χ0) is 11.4. The average Bonchev–Trinajstić information content (AvgIpc) is 2.16.